The normalized spacial score (nSPS) is 11.9. The summed E-state index contributed by atoms with van der Waals surface area (Å²) >= 11 is 3.08. The van der Waals surface area contributed by atoms with Crippen molar-refractivity contribution in [2.45, 2.75) is 0 Å². The highest BCUT2D eigenvalue weighted by Gasteiger charge is 1.85. The van der Waals surface area contributed by atoms with Crippen molar-refractivity contribution in [3.05, 3.63) is 24.8 Å². The lowest BCUT2D eigenvalue weighted by molar-refractivity contribution is -0.102. The lowest BCUT2D eigenvalue weighted by Crippen LogP contribution is -1.93. The van der Waals surface area contributed by atoms with Crippen molar-refractivity contribution >= 4 is 27.9 Å². The number of aliphatic imine (C=N–C) groups is 1. The Morgan fingerprint density at radius 3 is 2.80 bits per heavy atom. The maximum Gasteiger partial charge on any atom is 0.168 e. The molecule has 0 unspecified atom stereocenters. The zero-order valence-corrected chi connectivity index (χ0v) is 7.04. The first-order valence-corrected chi connectivity index (χ1v) is 3.82. The third-order valence-electron chi connectivity index (χ3n) is 0.766. The molecule has 54 valence electrons. The second-order valence-electron chi connectivity index (χ2n) is 1.42. The monoisotopic (exact) mass is 201 g/mol. The van der Waals surface area contributed by atoms with Crippen molar-refractivity contribution in [1.29, 1.82) is 0 Å². The minimum atomic E-state index is 0.414. The van der Waals surface area contributed by atoms with Crippen LogP contribution < -0.4 is 0 Å². The van der Waals surface area contributed by atoms with Gasteiger partial charge in [0.2, 0.25) is 0 Å². The SMILES string of the molecule is C=C/C=C\C(C=O)=NCBr. The first-order chi connectivity index (χ1) is 4.85. The summed E-state index contributed by atoms with van der Waals surface area (Å²) in [5.41, 5.74) is 0.861. The molecule has 0 rings (SSSR count). The predicted octanol–water partition coefficient (Wildman–Crippen LogP) is 1.72. The number of hydrogen-bond donors (Lipinski definition) is 0. The average molecular weight is 202 g/mol. The van der Waals surface area contributed by atoms with Crippen LogP contribution in [0, 0.1) is 0 Å². The summed E-state index contributed by atoms with van der Waals surface area (Å²) in [5.74, 6) is 0. The largest absolute Gasteiger partial charge is 0.296 e. The summed E-state index contributed by atoms with van der Waals surface area (Å²) in [4.78, 5) is 14.0. The van der Waals surface area contributed by atoms with E-state index in [4.69, 9.17) is 0 Å². The molecule has 2 nitrogen and oxygen atoms in total. The molecule has 0 aliphatic rings. The molecule has 0 fully saturated rings. The van der Waals surface area contributed by atoms with Crippen molar-refractivity contribution in [2.75, 3.05) is 5.45 Å². The van der Waals surface area contributed by atoms with Crippen LogP contribution in [0.25, 0.3) is 0 Å². The molecule has 0 bridgehead atoms. The molecule has 0 saturated carbocycles. The quantitative estimate of drug-likeness (QED) is 0.224. The Morgan fingerprint density at radius 2 is 2.40 bits per heavy atom. The molecule has 0 saturated heterocycles. The zero-order valence-electron chi connectivity index (χ0n) is 5.46. The van der Waals surface area contributed by atoms with Gasteiger partial charge in [0, 0.05) is 0 Å². The van der Waals surface area contributed by atoms with E-state index in [1.54, 1.807) is 18.2 Å². The minimum absolute atomic E-state index is 0.414. The Bertz CT molecular complexity index is 172. The highest BCUT2D eigenvalue weighted by Crippen LogP contribution is 1.84. The summed E-state index contributed by atoms with van der Waals surface area (Å²) in [6.45, 7) is 3.46. The molecular weight excluding hydrogens is 194 g/mol. The minimum Gasteiger partial charge on any atom is -0.296 e. The molecule has 0 aliphatic heterocycles. The molecule has 0 heterocycles. The fraction of sp³-hybridized carbons (Fsp3) is 0.143. The van der Waals surface area contributed by atoms with Crippen LogP contribution in [0.4, 0.5) is 0 Å². The topological polar surface area (TPSA) is 29.4 Å². The van der Waals surface area contributed by atoms with Gasteiger partial charge in [-0.3, -0.25) is 9.79 Å². The lowest BCUT2D eigenvalue weighted by atomic mass is 10.3. The summed E-state index contributed by atoms with van der Waals surface area (Å²) < 4.78 is 0. The smallest absolute Gasteiger partial charge is 0.168 e. The summed E-state index contributed by atoms with van der Waals surface area (Å²) in [6.07, 6.45) is 5.55. The van der Waals surface area contributed by atoms with Crippen LogP contribution in [0.5, 0.6) is 0 Å². The van der Waals surface area contributed by atoms with Crippen molar-refractivity contribution in [3.8, 4) is 0 Å². The van der Waals surface area contributed by atoms with E-state index in [1.807, 2.05) is 0 Å². The first kappa shape index (κ1) is 9.30. The van der Waals surface area contributed by atoms with E-state index in [2.05, 4.69) is 27.5 Å². The van der Waals surface area contributed by atoms with Crippen molar-refractivity contribution in [2.24, 2.45) is 4.99 Å². The molecule has 3 heteroatoms. The number of nitrogens with zero attached hydrogens (tertiary/aromatic N) is 1. The van der Waals surface area contributed by atoms with E-state index in [0.29, 0.717) is 17.5 Å². The summed E-state index contributed by atoms with van der Waals surface area (Å²) in [5, 5.41) is 0. The number of hydrogen-bond acceptors (Lipinski definition) is 2. The van der Waals surface area contributed by atoms with Crippen LogP contribution in [0.1, 0.15) is 0 Å². The molecule has 0 radical (unpaired) electrons. The molecular formula is C7H8BrNO. The van der Waals surface area contributed by atoms with Gasteiger partial charge in [-0.2, -0.15) is 0 Å². The molecule has 0 amide bonds. The van der Waals surface area contributed by atoms with Gasteiger partial charge in [0.25, 0.3) is 0 Å². The number of alkyl halides is 1. The second-order valence-corrected chi connectivity index (χ2v) is 1.92. The number of aldehydes is 1. The summed E-state index contributed by atoms with van der Waals surface area (Å²) in [6, 6.07) is 0. The highest BCUT2D eigenvalue weighted by molar-refractivity contribution is 9.09. The van der Waals surface area contributed by atoms with Gasteiger partial charge in [0.1, 0.15) is 0 Å². The first-order valence-electron chi connectivity index (χ1n) is 2.70. The van der Waals surface area contributed by atoms with E-state index < -0.39 is 0 Å². The van der Waals surface area contributed by atoms with E-state index in [0.717, 1.165) is 0 Å². The second kappa shape index (κ2) is 6.42. The van der Waals surface area contributed by atoms with Crippen LogP contribution in [0.15, 0.2) is 29.8 Å². The third kappa shape index (κ3) is 4.21. The van der Waals surface area contributed by atoms with Crippen LogP contribution in [0.2, 0.25) is 0 Å². The summed E-state index contributed by atoms with van der Waals surface area (Å²) in [7, 11) is 0. The number of rotatable bonds is 4. The predicted molar refractivity (Wildman–Crippen MR) is 46.6 cm³/mol. The molecule has 0 aromatic heterocycles. The Balaban J connectivity index is 4.07. The van der Waals surface area contributed by atoms with Gasteiger partial charge in [-0.1, -0.05) is 34.7 Å². The van der Waals surface area contributed by atoms with Crippen molar-refractivity contribution < 1.29 is 4.79 Å². The number of carbonyl (C=O) groups is 1. The van der Waals surface area contributed by atoms with Gasteiger partial charge < -0.3 is 0 Å². The third-order valence-corrected chi connectivity index (χ3v) is 1.02. The molecule has 10 heavy (non-hydrogen) atoms. The lowest BCUT2D eigenvalue weighted by Gasteiger charge is -1.84. The number of carbonyl (C=O) groups excluding carboxylic acids is 1. The number of allylic oxidation sites excluding steroid dienone is 3. The Labute approximate surface area is 68.5 Å². The van der Waals surface area contributed by atoms with Gasteiger partial charge in [0.15, 0.2) is 6.29 Å². The van der Waals surface area contributed by atoms with E-state index in [-0.39, 0.29) is 0 Å². The van der Waals surface area contributed by atoms with Crippen LogP contribution in [-0.2, 0) is 4.79 Å². The fourth-order valence-electron chi connectivity index (χ4n) is 0.365. The Kier molecular flexibility index (Phi) is 5.97. The Morgan fingerprint density at radius 1 is 1.70 bits per heavy atom. The molecule has 0 aromatic carbocycles. The van der Waals surface area contributed by atoms with E-state index in [1.165, 1.54) is 0 Å². The van der Waals surface area contributed by atoms with Crippen molar-refractivity contribution in [1.82, 2.24) is 0 Å². The number of halogens is 1. The highest BCUT2D eigenvalue weighted by atomic mass is 79.9. The Hall–Kier alpha value is -0.700. The van der Waals surface area contributed by atoms with Gasteiger partial charge >= 0.3 is 0 Å². The zero-order chi connectivity index (χ0) is 7.82. The van der Waals surface area contributed by atoms with Gasteiger partial charge in [-0.05, 0) is 6.08 Å². The van der Waals surface area contributed by atoms with Gasteiger partial charge in [0.05, 0.1) is 11.2 Å². The molecule has 0 spiro atoms. The average Bonchev–Trinajstić information content (AvgIpc) is 1.98. The maximum absolute atomic E-state index is 10.2. The fourth-order valence-corrected chi connectivity index (χ4v) is 0.654. The molecule has 0 aliphatic carbocycles. The van der Waals surface area contributed by atoms with Crippen LogP contribution >= 0.6 is 15.9 Å². The molecule has 0 atom stereocenters. The standard InChI is InChI=1S/C7H8BrNO/c1-2-3-4-7(5-10)9-6-8/h2-5H,1,6H2/b4-3-,9-7?. The van der Waals surface area contributed by atoms with E-state index in [9.17, 15) is 4.79 Å². The van der Waals surface area contributed by atoms with E-state index >= 15 is 0 Å². The van der Waals surface area contributed by atoms with Crippen LogP contribution in [-0.4, -0.2) is 17.5 Å². The van der Waals surface area contributed by atoms with Gasteiger partial charge in [-0.25, -0.2) is 0 Å². The molecule has 0 N–H and O–H groups in total. The van der Waals surface area contributed by atoms with Crippen molar-refractivity contribution in [3.63, 3.8) is 0 Å². The van der Waals surface area contributed by atoms with Gasteiger partial charge in [-0.15, -0.1) is 0 Å². The van der Waals surface area contributed by atoms with Crippen LogP contribution in [0.3, 0.4) is 0 Å². The maximum atomic E-state index is 10.2. The molecule has 0 aromatic rings.